The van der Waals surface area contributed by atoms with Gasteiger partial charge in [-0.2, -0.15) is 0 Å². The van der Waals surface area contributed by atoms with Crippen LogP contribution in [0.25, 0.3) is 0 Å². The summed E-state index contributed by atoms with van der Waals surface area (Å²) < 4.78 is 5.61. The second kappa shape index (κ2) is 4.94. The highest BCUT2D eigenvalue weighted by atomic mass is 16.5. The Kier molecular flexibility index (Phi) is 3.64. The standard InChI is InChI=1S/C13H22N4O2/c1-4-19-9-7-13(14,12(9,2)3)11(18)17-8-10-15-5-6-16-10/h5-6,9H,4,7-8,14H2,1-3H3,(H,15,16)(H,17,18). The van der Waals surface area contributed by atoms with E-state index >= 15 is 0 Å². The Hall–Kier alpha value is -1.40. The fourth-order valence-electron chi connectivity index (χ4n) is 2.54. The Balaban J connectivity index is 1.95. The Morgan fingerprint density at radius 2 is 2.42 bits per heavy atom. The molecule has 1 aromatic rings. The molecule has 1 fully saturated rings. The third kappa shape index (κ3) is 2.26. The number of ether oxygens (including phenoxy) is 1. The lowest BCUT2D eigenvalue weighted by molar-refractivity contribution is -0.170. The molecule has 2 atom stereocenters. The van der Waals surface area contributed by atoms with Gasteiger partial charge in [0.2, 0.25) is 5.91 Å². The molecule has 19 heavy (non-hydrogen) atoms. The maximum atomic E-state index is 12.3. The minimum absolute atomic E-state index is 0.0388. The topological polar surface area (TPSA) is 93.0 Å². The van der Waals surface area contributed by atoms with Crippen molar-refractivity contribution in [3.63, 3.8) is 0 Å². The lowest BCUT2D eigenvalue weighted by atomic mass is 9.54. The first-order chi connectivity index (χ1) is 8.91. The smallest absolute Gasteiger partial charge is 0.241 e. The van der Waals surface area contributed by atoms with Crippen LogP contribution in [0.4, 0.5) is 0 Å². The van der Waals surface area contributed by atoms with Gasteiger partial charge in [0.25, 0.3) is 0 Å². The number of hydrogen-bond acceptors (Lipinski definition) is 4. The zero-order chi connectivity index (χ0) is 14.1. The van der Waals surface area contributed by atoms with Crippen molar-refractivity contribution in [2.24, 2.45) is 11.1 Å². The molecular weight excluding hydrogens is 244 g/mol. The normalized spacial score (nSPS) is 28.7. The van der Waals surface area contributed by atoms with Crippen LogP contribution in [0.3, 0.4) is 0 Å². The van der Waals surface area contributed by atoms with Gasteiger partial charge in [0.1, 0.15) is 11.4 Å². The number of nitrogens with zero attached hydrogens (tertiary/aromatic N) is 1. The number of hydrogen-bond donors (Lipinski definition) is 3. The summed E-state index contributed by atoms with van der Waals surface area (Å²) in [5, 5.41) is 2.83. The van der Waals surface area contributed by atoms with Gasteiger partial charge in [0.15, 0.2) is 0 Å². The van der Waals surface area contributed by atoms with Gasteiger partial charge in [-0.15, -0.1) is 0 Å². The van der Waals surface area contributed by atoms with Crippen LogP contribution in [-0.4, -0.2) is 34.1 Å². The van der Waals surface area contributed by atoms with Gasteiger partial charge in [-0.3, -0.25) is 4.79 Å². The molecule has 1 aliphatic carbocycles. The number of carbonyl (C=O) groups excluding carboxylic acids is 1. The first-order valence-corrected chi connectivity index (χ1v) is 6.59. The summed E-state index contributed by atoms with van der Waals surface area (Å²) in [4.78, 5) is 19.3. The molecule has 1 saturated carbocycles. The molecule has 1 aliphatic rings. The van der Waals surface area contributed by atoms with Crippen molar-refractivity contribution in [1.82, 2.24) is 15.3 Å². The summed E-state index contributed by atoms with van der Waals surface area (Å²) in [6, 6.07) is 0. The van der Waals surface area contributed by atoms with Crippen LogP contribution in [0.2, 0.25) is 0 Å². The van der Waals surface area contributed by atoms with Crippen LogP contribution in [0.15, 0.2) is 12.4 Å². The second-order valence-electron chi connectivity index (χ2n) is 5.56. The Morgan fingerprint density at radius 3 is 2.95 bits per heavy atom. The zero-order valence-electron chi connectivity index (χ0n) is 11.7. The van der Waals surface area contributed by atoms with E-state index in [2.05, 4.69) is 15.3 Å². The number of imidazole rings is 1. The lowest BCUT2D eigenvalue weighted by Crippen LogP contribution is -2.75. The summed E-state index contributed by atoms with van der Waals surface area (Å²) >= 11 is 0. The number of aromatic nitrogens is 2. The van der Waals surface area contributed by atoms with Crippen molar-refractivity contribution in [3.05, 3.63) is 18.2 Å². The van der Waals surface area contributed by atoms with E-state index in [0.29, 0.717) is 19.6 Å². The minimum atomic E-state index is -0.876. The van der Waals surface area contributed by atoms with Crippen LogP contribution in [0.1, 0.15) is 33.0 Å². The van der Waals surface area contributed by atoms with Crippen molar-refractivity contribution in [2.75, 3.05) is 6.61 Å². The highest BCUT2D eigenvalue weighted by Gasteiger charge is 2.62. The molecular formula is C13H22N4O2. The summed E-state index contributed by atoms with van der Waals surface area (Å²) in [7, 11) is 0. The van der Waals surface area contributed by atoms with E-state index in [1.807, 2.05) is 20.8 Å². The Bertz CT molecular complexity index is 444. The molecule has 0 aromatic carbocycles. The van der Waals surface area contributed by atoms with Crippen molar-refractivity contribution in [3.8, 4) is 0 Å². The number of rotatable bonds is 5. The van der Waals surface area contributed by atoms with Gasteiger partial charge in [0, 0.05) is 30.8 Å². The van der Waals surface area contributed by atoms with Crippen molar-refractivity contribution in [2.45, 2.75) is 45.4 Å². The summed E-state index contributed by atoms with van der Waals surface area (Å²) in [6.07, 6.45) is 3.96. The molecule has 0 radical (unpaired) electrons. The molecule has 1 aromatic heterocycles. The second-order valence-corrected chi connectivity index (χ2v) is 5.56. The number of nitrogens with one attached hydrogen (secondary N) is 2. The first kappa shape index (κ1) is 14.0. The summed E-state index contributed by atoms with van der Waals surface area (Å²) in [5.41, 5.74) is 5.02. The largest absolute Gasteiger partial charge is 0.378 e. The van der Waals surface area contributed by atoms with Crippen LogP contribution in [0, 0.1) is 5.41 Å². The predicted molar refractivity (Wildman–Crippen MR) is 71.2 cm³/mol. The van der Waals surface area contributed by atoms with E-state index in [9.17, 15) is 4.79 Å². The average molecular weight is 266 g/mol. The molecule has 6 nitrogen and oxygen atoms in total. The van der Waals surface area contributed by atoms with Gasteiger partial charge in [0.05, 0.1) is 12.6 Å². The fraction of sp³-hybridized carbons (Fsp3) is 0.692. The van der Waals surface area contributed by atoms with Gasteiger partial charge < -0.3 is 20.8 Å². The SMILES string of the molecule is CCOC1CC(N)(C(=O)NCc2ncc[nH]2)C1(C)C. The van der Waals surface area contributed by atoms with Crippen molar-refractivity contribution >= 4 is 5.91 Å². The molecule has 106 valence electrons. The monoisotopic (exact) mass is 266 g/mol. The van der Waals surface area contributed by atoms with E-state index in [-0.39, 0.29) is 17.4 Å². The first-order valence-electron chi connectivity index (χ1n) is 6.59. The molecule has 0 spiro atoms. The summed E-state index contributed by atoms with van der Waals surface area (Å²) in [6.45, 7) is 6.90. The van der Waals surface area contributed by atoms with Gasteiger partial charge in [-0.1, -0.05) is 13.8 Å². The Morgan fingerprint density at radius 1 is 1.68 bits per heavy atom. The number of nitrogens with two attached hydrogens (primary N) is 1. The van der Waals surface area contributed by atoms with Gasteiger partial charge in [-0.25, -0.2) is 4.98 Å². The van der Waals surface area contributed by atoms with Gasteiger partial charge >= 0.3 is 0 Å². The van der Waals surface area contributed by atoms with Crippen LogP contribution in [-0.2, 0) is 16.1 Å². The molecule has 0 bridgehead atoms. The minimum Gasteiger partial charge on any atom is -0.378 e. The van der Waals surface area contributed by atoms with Crippen molar-refractivity contribution in [1.29, 1.82) is 0 Å². The number of aromatic amines is 1. The Labute approximate surface area is 113 Å². The van der Waals surface area contributed by atoms with Crippen LogP contribution >= 0.6 is 0 Å². The molecule has 0 saturated heterocycles. The zero-order valence-corrected chi connectivity index (χ0v) is 11.7. The molecule has 2 unspecified atom stereocenters. The molecule has 1 heterocycles. The average Bonchev–Trinajstić information content (AvgIpc) is 2.88. The van der Waals surface area contributed by atoms with E-state index < -0.39 is 5.54 Å². The third-order valence-corrected chi connectivity index (χ3v) is 4.21. The number of H-pyrrole nitrogens is 1. The maximum Gasteiger partial charge on any atom is 0.241 e. The highest BCUT2D eigenvalue weighted by Crippen LogP contribution is 2.49. The van der Waals surface area contributed by atoms with Crippen LogP contribution in [0.5, 0.6) is 0 Å². The lowest BCUT2D eigenvalue weighted by Gasteiger charge is -2.57. The van der Waals surface area contributed by atoms with Crippen molar-refractivity contribution < 1.29 is 9.53 Å². The summed E-state index contributed by atoms with van der Waals surface area (Å²) in [5.74, 6) is 0.570. The quantitative estimate of drug-likeness (QED) is 0.726. The molecule has 2 rings (SSSR count). The maximum absolute atomic E-state index is 12.3. The highest BCUT2D eigenvalue weighted by molar-refractivity contribution is 5.88. The molecule has 0 aliphatic heterocycles. The van der Waals surface area contributed by atoms with E-state index in [0.717, 1.165) is 5.82 Å². The molecule has 1 amide bonds. The van der Waals surface area contributed by atoms with Gasteiger partial charge in [-0.05, 0) is 6.92 Å². The van der Waals surface area contributed by atoms with E-state index in [1.165, 1.54) is 0 Å². The molecule has 4 N–H and O–H groups in total. The van der Waals surface area contributed by atoms with E-state index in [4.69, 9.17) is 10.5 Å². The van der Waals surface area contributed by atoms with Crippen LogP contribution < -0.4 is 11.1 Å². The number of carbonyl (C=O) groups is 1. The fourth-order valence-corrected chi connectivity index (χ4v) is 2.54. The molecule has 6 heteroatoms. The predicted octanol–water partition coefficient (Wildman–Crippen LogP) is 0.558. The van der Waals surface area contributed by atoms with E-state index in [1.54, 1.807) is 12.4 Å². The number of amides is 1. The third-order valence-electron chi connectivity index (χ3n) is 4.21.